The lowest BCUT2D eigenvalue weighted by Gasteiger charge is -2.38. The Morgan fingerprint density at radius 2 is 2.05 bits per heavy atom. The molecule has 1 aliphatic heterocycles. The number of amides is 1. The molecule has 1 heterocycles. The molecule has 1 unspecified atom stereocenters. The lowest BCUT2D eigenvalue weighted by atomic mass is 10.1. The summed E-state index contributed by atoms with van der Waals surface area (Å²) in [6.07, 6.45) is 2.52. The van der Waals surface area contributed by atoms with Gasteiger partial charge in [-0.1, -0.05) is 18.2 Å². The van der Waals surface area contributed by atoms with Gasteiger partial charge in [0, 0.05) is 6.61 Å². The monoisotopic (exact) mass is 263 g/mol. The van der Waals surface area contributed by atoms with Crippen LogP contribution >= 0.6 is 0 Å². The fraction of sp³-hybridized carbons (Fsp3) is 0.357. The molecular formula is C14H17NO4. The van der Waals surface area contributed by atoms with Crippen LogP contribution in [0.15, 0.2) is 30.3 Å². The van der Waals surface area contributed by atoms with Crippen LogP contribution in [0.2, 0.25) is 0 Å². The van der Waals surface area contributed by atoms with Gasteiger partial charge < -0.3 is 14.6 Å². The Morgan fingerprint density at radius 3 is 2.74 bits per heavy atom. The van der Waals surface area contributed by atoms with Gasteiger partial charge in [-0.3, -0.25) is 0 Å². The lowest BCUT2D eigenvalue weighted by Crippen LogP contribution is -2.54. The number of carbonyl (C=O) groups is 1. The van der Waals surface area contributed by atoms with E-state index >= 15 is 0 Å². The minimum Gasteiger partial charge on any atom is -0.449 e. The molecule has 0 spiro atoms. The average Bonchev–Trinajstić information content (AvgIpc) is 2.38. The highest BCUT2D eigenvalue weighted by atomic mass is 16.7. The highest BCUT2D eigenvalue weighted by molar-refractivity contribution is 5.93. The molecule has 1 aromatic carbocycles. The van der Waals surface area contributed by atoms with Crippen molar-refractivity contribution in [2.75, 3.05) is 18.1 Å². The minimum absolute atomic E-state index is 0.226. The van der Waals surface area contributed by atoms with Crippen molar-refractivity contribution < 1.29 is 19.4 Å². The first kappa shape index (κ1) is 13.6. The molecule has 5 heteroatoms. The molecule has 0 radical (unpaired) electrons. The van der Waals surface area contributed by atoms with E-state index in [1.165, 1.54) is 6.08 Å². The molecule has 0 aromatic heterocycles. The number of hydrogen-bond donors (Lipinski definition) is 1. The van der Waals surface area contributed by atoms with Crippen LogP contribution in [-0.4, -0.2) is 30.3 Å². The van der Waals surface area contributed by atoms with Gasteiger partial charge in [-0.25, -0.2) is 9.69 Å². The van der Waals surface area contributed by atoms with Crippen molar-refractivity contribution in [3.05, 3.63) is 35.9 Å². The van der Waals surface area contributed by atoms with Gasteiger partial charge >= 0.3 is 6.09 Å². The summed E-state index contributed by atoms with van der Waals surface area (Å²) in [5.41, 5.74) is 1.37. The van der Waals surface area contributed by atoms with Crippen molar-refractivity contribution in [1.29, 1.82) is 0 Å². The summed E-state index contributed by atoms with van der Waals surface area (Å²) in [4.78, 5) is 13.2. The zero-order chi connectivity index (χ0) is 13.9. The number of ether oxygens (including phenoxy) is 2. The van der Waals surface area contributed by atoms with Crippen molar-refractivity contribution in [2.24, 2.45) is 0 Å². The molecule has 0 saturated heterocycles. The maximum Gasteiger partial charge on any atom is 0.418 e. The van der Waals surface area contributed by atoms with Crippen LogP contribution in [0, 0.1) is 0 Å². The van der Waals surface area contributed by atoms with Crippen LogP contribution in [0.1, 0.15) is 19.4 Å². The number of rotatable bonds is 3. The van der Waals surface area contributed by atoms with Crippen molar-refractivity contribution >= 4 is 17.9 Å². The molecule has 102 valence electrons. The normalized spacial score (nSPS) is 21.1. The first-order valence-corrected chi connectivity index (χ1v) is 6.24. The Morgan fingerprint density at radius 1 is 1.32 bits per heavy atom. The fourth-order valence-corrected chi connectivity index (χ4v) is 2.02. The lowest BCUT2D eigenvalue weighted by molar-refractivity contribution is -0.159. The van der Waals surface area contributed by atoms with Crippen molar-refractivity contribution in [1.82, 2.24) is 0 Å². The van der Waals surface area contributed by atoms with Crippen LogP contribution in [0.25, 0.3) is 6.08 Å². The highest BCUT2D eigenvalue weighted by Crippen LogP contribution is 2.34. The maximum atomic E-state index is 12.1. The molecule has 0 saturated carbocycles. The summed E-state index contributed by atoms with van der Waals surface area (Å²) in [5, 5.41) is 10.5. The predicted molar refractivity (Wildman–Crippen MR) is 71.6 cm³/mol. The number of aliphatic hydroxyl groups is 1. The summed E-state index contributed by atoms with van der Waals surface area (Å²) in [6.45, 7) is 3.95. The van der Waals surface area contributed by atoms with E-state index in [0.717, 1.165) is 10.5 Å². The largest absolute Gasteiger partial charge is 0.449 e. The van der Waals surface area contributed by atoms with E-state index in [9.17, 15) is 9.90 Å². The Balaban J connectivity index is 2.46. The number of para-hydroxylation sites is 1. The molecular weight excluding hydrogens is 246 g/mol. The van der Waals surface area contributed by atoms with Gasteiger partial charge in [0.15, 0.2) is 0 Å². The van der Waals surface area contributed by atoms with Crippen LogP contribution in [0.5, 0.6) is 0 Å². The number of benzene rings is 1. The van der Waals surface area contributed by atoms with Crippen LogP contribution in [0.4, 0.5) is 10.5 Å². The van der Waals surface area contributed by atoms with Crippen molar-refractivity contribution in [2.45, 2.75) is 19.8 Å². The molecule has 1 N–H and O–H groups in total. The second-order valence-electron chi connectivity index (χ2n) is 4.02. The van der Waals surface area contributed by atoms with Gasteiger partial charge in [0.2, 0.25) is 0 Å². The average molecular weight is 263 g/mol. The van der Waals surface area contributed by atoms with E-state index < -0.39 is 12.0 Å². The first-order chi connectivity index (χ1) is 9.12. The third-order valence-corrected chi connectivity index (χ3v) is 2.79. The van der Waals surface area contributed by atoms with E-state index in [2.05, 4.69) is 0 Å². The minimum atomic E-state index is -1.81. The number of anilines is 1. The quantitative estimate of drug-likeness (QED) is 0.850. The van der Waals surface area contributed by atoms with E-state index in [1.807, 2.05) is 12.1 Å². The zero-order valence-electron chi connectivity index (χ0n) is 11.0. The molecule has 1 aliphatic rings. The third kappa shape index (κ3) is 2.47. The second kappa shape index (κ2) is 5.42. The van der Waals surface area contributed by atoms with Crippen LogP contribution < -0.4 is 4.90 Å². The van der Waals surface area contributed by atoms with Gasteiger partial charge in [0.25, 0.3) is 5.91 Å². The fourth-order valence-electron chi connectivity index (χ4n) is 2.02. The third-order valence-electron chi connectivity index (χ3n) is 2.79. The Labute approximate surface area is 112 Å². The van der Waals surface area contributed by atoms with Crippen molar-refractivity contribution in [3.8, 4) is 0 Å². The number of fused-ring (bicyclic) bond motifs is 1. The number of hydrogen-bond acceptors (Lipinski definition) is 4. The predicted octanol–water partition coefficient (Wildman–Crippen LogP) is 2.36. The summed E-state index contributed by atoms with van der Waals surface area (Å²) in [6, 6.07) is 7.23. The standard InChI is InChI=1S/C14H17NO4/c1-3-18-13(16)15-12-8-6-5-7-11(12)9-10-14(15,17)19-4-2/h5-10,17H,3-4H2,1-2H3. The molecule has 1 aromatic rings. The summed E-state index contributed by atoms with van der Waals surface area (Å²) in [7, 11) is 0. The molecule has 0 aliphatic carbocycles. The summed E-state index contributed by atoms with van der Waals surface area (Å²) >= 11 is 0. The van der Waals surface area contributed by atoms with Gasteiger partial charge in [0.1, 0.15) is 0 Å². The van der Waals surface area contributed by atoms with Gasteiger partial charge in [0.05, 0.1) is 12.3 Å². The Hall–Kier alpha value is -1.85. The molecule has 1 atom stereocenters. The van der Waals surface area contributed by atoms with Gasteiger partial charge in [-0.05, 0) is 37.6 Å². The van der Waals surface area contributed by atoms with Gasteiger partial charge in [-0.15, -0.1) is 0 Å². The Kier molecular flexibility index (Phi) is 3.87. The van der Waals surface area contributed by atoms with E-state index in [1.54, 1.807) is 32.1 Å². The van der Waals surface area contributed by atoms with Crippen molar-refractivity contribution in [3.63, 3.8) is 0 Å². The molecule has 19 heavy (non-hydrogen) atoms. The molecule has 1 amide bonds. The van der Waals surface area contributed by atoms with E-state index in [0.29, 0.717) is 5.69 Å². The smallest absolute Gasteiger partial charge is 0.418 e. The van der Waals surface area contributed by atoms with E-state index in [-0.39, 0.29) is 13.2 Å². The first-order valence-electron chi connectivity index (χ1n) is 6.24. The topological polar surface area (TPSA) is 59.0 Å². The Bertz CT molecular complexity index is 500. The maximum absolute atomic E-state index is 12.1. The van der Waals surface area contributed by atoms with Gasteiger partial charge in [-0.2, -0.15) is 0 Å². The molecule has 0 bridgehead atoms. The number of carbonyl (C=O) groups excluding carboxylic acids is 1. The number of nitrogens with zero attached hydrogens (tertiary/aromatic N) is 1. The molecule has 0 fully saturated rings. The van der Waals surface area contributed by atoms with Crippen LogP contribution in [0.3, 0.4) is 0 Å². The summed E-state index contributed by atoms with van der Waals surface area (Å²) < 4.78 is 10.3. The second-order valence-corrected chi connectivity index (χ2v) is 4.02. The summed E-state index contributed by atoms with van der Waals surface area (Å²) in [5.74, 6) is -1.81. The highest BCUT2D eigenvalue weighted by Gasteiger charge is 2.42. The molecule has 2 rings (SSSR count). The SMILES string of the molecule is CCOC(=O)N1c2ccccc2C=CC1(O)OCC. The zero-order valence-corrected chi connectivity index (χ0v) is 11.0. The van der Waals surface area contributed by atoms with E-state index in [4.69, 9.17) is 9.47 Å². The molecule has 5 nitrogen and oxygen atoms in total. The van der Waals surface area contributed by atoms with Crippen LogP contribution in [-0.2, 0) is 9.47 Å².